The van der Waals surface area contributed by atoms with Gasteiger partial charge in [0.2, 0.25) is 0 Å². The highest BCUT2D eigenvalue weighted by atomic mass is 19.1. The van der Waals surface area contributed by atoms with Gasteiger partial charge >= 0.3 is 0 Å². The fourth-order valence-electron chi connectivity index (χ4n) is 3.62. The summed E-state index contributed by atoms with van der Waals surface area (Å²) in [7, 11) is 0. The van der Waals surface area contributed by atoms with Gasteiger partial charge < -0.3 is 10.3 Å². The van der Waals surface area contributed by atoms with Crippen molar-refractivity contribution in [2.45, 2.75) is 0 Å². The van der Waals surface area contributed by atoms with E-state index in [1.165, 1.54) is 12.1 Å². The first-order chi connectivity index (χ1) is 14.2. The molecule has 0 aliphatic rings. The number of rotatable bonds is 3. The van der Waals surface area contributed by atoms with Crippen LogP contribution in [0.3, 0.4) is 0 Å². The third-order valence-corrected chi connectivity index (χ3v) is 4.94. The first kappa shape index (κ1) is 17.1. The van der Waals surface area contributed by atoms with Gasteiger partial charge in [0.15, 0.2) is 0 Å². The minimum Gasteiger partial charge on any atom is -0.339 e. The molecule has 29 heavy (non-hydrogen) atoms. The number of H-pyrrole nitrogens is 1. The van der Waals surface area contributed by atoms with E-state index in [2.05, 4.69) is 15.3 Å². The van der Waals surface area contributed by atoms with E-state index in [4.69, 9.17) is 0 Å². The van der Waals surface area contributed by atoms with Crippen LogP contribution in [0.25, 0.3) is 32.8 Å². The van der Waals surface area contributed by atoms with E-state index in [-0.39, 0.29) is 5.56 Å². The van der Waals surface area contributed by atoms with Gasteiger partial charge in [0, 0.05) is 28.2 Å². The maximum Gasteiger partial charge on any atom is 0.258 e. The highest BCUT2D eigenvalue weighted by molar-refractivity contribution is 6.10. The van der Waals surface area contributed by atoms with Crippen LogP contribution >= 0.6 is 0 Å². The SMILES string of the molecule is O=c1[nH]ccc2nc(Nc3ccccc3-c3ccccc3)c3ccc(F)cc3c12. The Bertz CT molecular complexity index is 1410. The maximum atomic E-state index is 14.0. The molecule has 0 bridgehead atoms. The standard InChI is InChI=1S/C24H16FN3O/c25-16-10-11-18-19(14-16)22-21(12-13-26-24(22)29)28-23(18)27-20-9-5-4-8-17(20)15-6-2-1-3-7-15/h1-14H,(H,26,29)(H,27,28). The van der Waals surface area contributed by atoms with Crippen LogP contribution in [0.4, 0.5) is 15.9 Å². The van der Waals surface area contributed by atoms with Crippen LogP contribution in [0, 0.1) is 5.82 Å². The van der Waals surface area contributed by atoms with Crippen LogP contribution in [0.5, 0.6) is 0 Å². The van der Waals surface area contributed by atoms with Crippen molar-refractivity contribution in [3.05, 3.63) is 101 Å². The third kappa shape index (κ3) is 3.02. The van der Waals surface area contributed by atoms with Gasteiger partial charge in [-0.3, -0.25) is 4.79 Å². The number of para-hydroxylation sites is 1. The van der Waals surface area contributed by atoms with Gasteiger partial charge in [-0.25, -0.2) is 9.37 Å². The second kappa shape index (κ2) is 6.87. The summed E-state index contributed by atoms with van der Waals surface area (Å²) < 4.78 is 14.0. The monoisotopic (exact) mass is 381 g/mol. The van der Waals surface area contributed by atoms with E-state index in [0.717, 1.165) is 16.8 Å². The first-order valence-electron chi connectivity index (χ1n) is 9.23. The van der Waals surface area contributed by atoms with Gasteiger partial charge in [-0.2, -0.15) is 0 Å². The highest BCUT2D eigenvalue weighted by Crippen LogP contribution is 2.34. The van der Waals surface area contributed by atoms with Gasteiger partial charge in [-0.1, -0.05) is 48.5 Å². The number of fused-ring (bicyclic) bond motifs is 3. The van der Waals surface area contributed by atoms with Crippen LogP contribution in [-0.4, -0.2) is 9.97 Å². The molecule has 5 heteroatoms. The van der Waals surface area contributed by atoms with Crippen molar-refractivity contribution in [2.75, 3.05) is 5.32 Å². The molecule has 0 atom stereocenters. The second-order valence-electron chi connectivity index (χ2n) is 6.75. The number of aromatic amines is 1. The maximum absolute atomic E-state index is 14.0. The number of pyridine rings is 2. The molecule has 5 rings (SSSR count). The summed E-state index contributed by atoms with van der Waals surface area (Å²) in [5.41, 5.74) is 3.19. The van der Waals surface area contributed by atoms with Crippen molar-refractivity contribution in [3.63, 3.8) is 0 Å². The van der Waals surface area contributed by atoms with Gasteiger partial charge in [0.25, 0.3) is 5.56 Å². The third-order valence-electron chi connectivity index (χ3n) is 4.94. The molecule has 3 aromatic carbocycles. The lowest BCUT2D eigenvalue weighted by molar-refractivity contribution is 0.630. The van der Waals surface area contributed by atoms with Crippen LogP contribution in [-0.2, 0) is 0 Å². The van der Waals surface area contributed by atoms with E-state index in [0.29, 0.717) is 27.5 Å². The molecule has 2 N–H and O–H groups in total. The van der Waals surface area contributed by atoms with Gasteiger partial charge in [0.05, 0.1) is 10.9 Å². The highest BCUT2D eigenvalue weighted by Gasteiger charge is 2.13. The summed E-state index contributed by atoms with van der Waals surface area (Å²) in [5, 5.41) is 4.98. The number of nitrogens with zero attached hydrogens (tertiary/aromatic N) is 1. The lowest BCUT2D eigenvalue weighted by atomic mass is 10.0. The van der Waals surface area contributed by atoms with E-state index in [1.807, 2.05) is 54.6 Å². The molecule has 0 radical (unpaired) electrons. The lowest BCUT2D eigenvalue weighted by Gasteiger charge is -2.14. The predicted octanol–water partition coefficient (Wildman–Crippen LogP) is 5.63. The minimum atomic E-state index is -0.399. The Morgan fingerprint density at radius 2 is 1.66 bits per heavy atom. The summed E-state index contributed by atoms with van der Waals surface area (Å²) in [6, 6.07) is 24.1. The zero-order chi connectivity index (χ0) is 19.8. The van der Waals surface area contributed by atoms with Crippen LogP contribution in [0.2, 0.25) is 0 Å². The van der Waals surface area contributed by atoms with E-state index in [1.54, 1.807) is 18.3 Å². The van der Waals surface area contributed by atoms with Crippen molar-refractivity contribution >= 4 is 33.2 Å². The fourth-order valence-corrected chi connectivity index (χ4v) is 3.62. The van der Waals surface area contributed by atoms with Crippen LogP contribution < -0.4 is 10.9 Å². The molecule has 0 fully saturated rings. The van der Waals surface area contributed by atoms with Crippen molar-refractivity contribution in [2.24, 2.45) is 0 Å². The minimum absolute atomic E-state index is 0.290. The molecule has 0 aliphatic carbocycles. The fraction of sp³-hybridized carbons (Fsp3) is 0. The Balaban J connectivity index is 1.74. The molecular weight excluding hydrogens is 365 g/mol. The average molecular weight is 381 g/mol. The Morgan fingerprint density at radius 1 is 0.862 bits per heavy atom. The number of hydrogen-bond acceptors (Lipinski definition) is 3. The zero-order valence-corrected chi connectivity index (χ0v) is 15.3. The second-order valence-corrected chi connectivity index (χ2v) is 6.75. The van der Waals surface area contributed by atoms with Gasteiger partial charge in [-0.15, -0.1) is 0 Å². The quantitative estimate of drug-likeness (QED) is 0.399. The van der Waals surface area contributed by atoms with Crippen LogP contribution in [0.15, 0.2) is 89.9 Å². The molecule has 2 aromatic heterocycles. The molecule has 0 saturated carbocycles. The lowest BCUT2D eigenvalue weighted by Crippen LogP contribution is -2.07. The van der Waals surface area contributed by atoms with Crippen molar-refractivity contribution in [1.82, 2.24) is 9.97 Å². The summed E-state index contributed by atoms with van der Waals surface area (Å²) >= 11 is 0. The Labute approximate surface area is 165 Å². The van der Waals surface area contributed by atoms with Gasteiger partial charge in [0.1, 0.15) is 11.6 Å². The number of aromatic nitrogens is 2. The molecule has 0 aliphatic heterocycles. The van der Waals surface area contributed by atoms with Gasteiger partial charge in [-0.05, 0) is 35.9 Å². The molecule has 140 valence electrons. The smallest absolute Gasteiger partial charge is 0.258 e. The Hall–Kier alpha value is -3.99. The summed E-state index contributed by atoms with van der Waals surface area (Å²) in [5.74, 6) is 0.172. The largest absolute Gasteiger partial charge is 0.339 e. The number of anilines is 2. The first-order valence-corrected chi connectivity index (χ1v) is 9.23. The topological polar surface area (TPSA) is 57.8 Å². The molecular formula is C24H16FN3O. The molecule has 4 nitrogen and oxygen atoms in total. The Kier molecular flexibility index (Phi) is 4.06. The molecule has 2 heterocycles. The molecule has 5 aromatic rings. The summed E-state index contributed by atoms with van der Waals surface area (Å²) in [4.78, 5) is 19.7. The molecule has 0 amide bonds. The average Bonchev–Trinajstić information content (AvgIpc) is 2.74. The normalized spacial score (nSPS) is 11.1. The predicted molar refractivity (Wildman–Crippen MR) is 115 cm³/mol. The summed E-state index contributed by atoms with van der Waals surface area (Å²) in [6.07, 6.45) is 1.55. The number of benzene rings is 3. The van der Waals surface area contributed by atoms with Crippen molar-refractivity contribution in [3.8, 4) is 11.1 Å². The summed E-state index contributed by atoms with van der Waals surface area (Å²) in [6.45, 7) is 0. The number of hydrogen-bond donors (Lipinski definition) is 2. The van der Waals surface area contributed by atoms with Crippen LogP contribution in [0.1, 0.15) is 0 Å². The Morgan fingerprint density at radius 3 is 2.52 bits per heavy atom. The molecule has 0 saturated heterocycles. The van der Waals surface area contributed by atoms with E-state index in [9.17, 15) is 9.18 Å². The van der Waals surface area contributed by atoms with Crippen molar-refractivity contribution < 1.29 is 4.39 Å². The van der Waals surface area contributed by atoms with Crippen molar-refractivity contribution in [1.29, 1.82) is 0 Å². The number of halogens is 1. The van der Waals surface area contributed by atoms with E-state index < -0.39 is 5.82 Å². The molecule has 0 unspecified atom stereocenters. The zero-order valence-electron chi connectivity index (χ0n) is 15.3. The molecule has 0 spiro atoms. The number of nitrogens with one attached hydrogen (secondary N) is 2. The van der Waals surface area contributed by atoms with E-state index >= 15 is 0 Å².